The third-order valence-corrected chi connectivity index (χ3v) is 2.68. The maximum Gasteiger partial charge on any atom is 0.306 e. The van der Waals surface area contributed by atoms with Crippen molar-refractivity contribution in [2.75, 3.05) is 11.9 Å². The van der Waals surface area contributed by atoms with E-state index >= 15 is 0 Å². The molecule has 0 saturated carbocycles. The number of carboxylic acids is 1. The zero-order chi connectivity index (χ0) is 10.6. The van der Waals surface area contributed by atoms with Crippen molar-refractivity contribution in [2.24, 2.45) is 0 Å². The maximum atomic E-state index is 10.2. The van der Waals surface area contributed by atoms with Gasteiger partial charge in [0.1, 0.15) is 0 Å². The Balaban J connectivity index is 2.30. The Morgan fingerprint density at radius 2 is 2.36 bits per heavy atom. The predicted molar refractivity (Wildman–Crippen MR) is 56.1 cm³/mol. The summed E-state index contributed by atoms with van der Waals surface area (Å²) in [6.07, 6.45) is -1.14. The third kappa shape index (κ3) is 3.95. The van der Waals surface area contributed by atoms with Crippen LogP contribution >= 0.6 is 22.9 Å². The molecule has 1 heterocycles. The lowest BCUT2D eigenvalue weighted by Gasteiger charge is -2.08. The lowest BCUT2D eigenvalue weighted by atomic mass is 10.2. The number of aliphatic carboxylic acids is 1. The number of aliphatic hydroxyl groups is 1. The molecule has 0 amide bonds. The van der Waals surface area contributed by atoms with Gasteiger partial charge < -0.3 is 15.5 Å². The topological polar surface area (TPSA) is 69.6 Å². The first kappa shape index (κ1) is 11.3. The van der Waals surface area contributed by atoms with Gasteiger partial charge in [-0.1, -0.05) is 11.6 Å². The number of anilines is 1. The lowest BCUT2D eigenvalue weighted by Crippen LogP contribution is -2.22. The third-order valence-electron chi connectivity index (χ3n) is 1.50. The van der Waals surface area contributed by atoms with Crippen LogP contribution < -0.4 is 5.32 Å². The molecule has 1 rings (SSSR count). The van der Waals surface area contributed by atoms with Crippen LogP contribution in [0.1, 0.15) is 6.42 Å². The van der Waals surface area contributed by atoms with Gasteiger partial charge in [0.25, 0.3) is 0 Å². The molecule has 0 aliphatic carbocycles. The summed E-state index contributed by atoms with van der Waals surface area (Å²) in [6, 6.07) is 3.51. The summed E-state index contributed by atoms with van der Waals surface area (Å²) in [7, 11) is 0. The van der Waals surface area contributed by atoms with Crippen molar-refractivity contribution in [3.05, 3.63) is 16.5 Å². The van der Waals surface area contributed by atoms with Crippen molar-refractivity contribution in [1.82, 2.24) is 0 Å². The number of thiophene rings is 1. The van der Waals surface area contributed by atoms with Crippen LogP contribution in [0.3, 0.4) is 0 Å². The molecule has 0 aliphatic heterocycles. The van der Waals surface area contributed by atoms with Crippen LogP contribution in [0.2, 0.25) is 4.34 Å². The number of rotatable bonds is 5. The summed E-state index contributed by atoms with van der Waals surface area (Å²) in [6.45, 7) is 0.211. The highest BCUT2D eigenvalue weighted by Gasteiger charge is 2.09. The highest BCUT2D eigenvalue weighted by molar-refractivity contribution is 7.19. The second kappa shape index (κ2) is 5.19. The molecular weight excluding hydrogens is 226 g/mol. The Hall–Kier alpha value is -0.780. The van der Waals surface area contributed by atoms with Gasteiger partial charge in [-0.15, -0.1) is 11.3 Å². The molecule has 1 aromatic heterocycles. The molecule has 4 nitrogen and oxygen atoms in total. The summed E-state index contributed by atoms with van der Waals surface area (Å²) in [5, 5.41) is 21.3. The molecule has 6 heteroatoms. The molecule has 0 fully saturated rings. The van der Waals surface area contributed by atoms with Crippen molar-refractivity contribution < 1.29 is 15.0 Å². The fourth-order valence-electron chi connectivity index (χ4n) is 0.901. The van der Waals surface area contributed by atoms with E-state index < -0.39 is 12.1 Å². The number of hydrogen-bond acceptors (Lipinski definition) is 4. The lowest BCUT2D eigenvalue weighted by molar-refractivity contribution is -0.138. The number of carbonyl (C=O) groups is 1. The molecule has 1 aromatic rings. The summed E-state index contributed by atoms with van der Waals surface area (Å²) >= 11 is 7.03. The van der Waals surface area contributed by atoms with E-state index in [0.717, 1.165) is 5.00 Å². The highest BCUT2D eigenvalue weighted by Crippen LogP contribution is 2.25. The SMILES string of the molecule is O=C(O)CC(O)CNc1ccc(Cl)s1. The van der Waals surface area contributed by atoms with Gasteiger partial charge >= 0.3 is 5.97 Å². The standard InChI is InChI=1S/C8H10ClNO3S/c9-6-1-2-7(14-6)10-4-5(11)3-8(12)13/h1-2,5,10-11H,3-4H2,(H,12,13). The Morgan fingerprint density at radius 3 is 2.86 bits per heavy atom. The number of halogens is 1. The molecule has 0 aliphatic rings. The van der Waals surface area contributed by atoms with Crippen molar-refractivity contribution in [3.63, 3.8) is 0 Å². The van der Waals surface area contributed by atoms with Crippen LogP contribution in [-0.4, -0.2) is 28.8 Å². The van der Waals surface area contributed by atoms with E-state index in [0.29, 0.717) is 4.34 Å². The normalized spacial score (nSPS) is 12.4. The Labute approximate surface area is 90.1 Å². The van der Waals surface area contributed by atoms with Crippen LogP contribution in [0.5, 0.6) is 0 Å². The Morgan fingerprint density at radius 1 is 1.64 bits per heavy atom. The number of aliphatic hydroxyl groups excluding tert-OH is 1. The molecule has 0 bridgehead atoms. The molecule has 1 unspecified atom stereocenters. The van der Waals surface area contributed by atoms with Crippen LogP contribution in [0.25, 0.3) is 0 Å². The molecule has 1 atom stereocenters. The minimum atomic E-state index is -1.01. The zero-order valence-electron chi connectivity index (χ0n) is 7.24. The average Bonchev–Trinajstić information content (AvgIpc) is 2.47. The molecule has 78 valence electrons. The maximum absolute atomic E-state index is 10.2. The van der Waals surface area contributed by atoms with Crippen LogP contribution in [0.4, 0.5) is 5.00 Å². The van der Waals surface area contributed by atoms with Crippen LogP contribution in [-0.2, 0) is 4.79 Å². The minimum Gasteiger partial charge on any atom is -0.481 e. The van der Waals surface area contributed by atoms with Gasteiger partial charge in [0.2, 0.25) is 0 Å². The molecule has 0 saturated heterocycles. The predicted octanol–water partition coefficient (Wildman–Crippen LogP) is 1.65. The molecule has 0 spiro atoms. The minimum absolute atomic E-state index is 0.211. The fourth-order valence-corrected chi connectivity index (χ4v) is 1.85. The van der Waals surface area contributed by atoms with E-state index in [1.54, 1.807) is 12.1 Å². The van der Waals surface area contributed by atoms with Gasteiger partial charge in [0.05, 0.1) is 21.9 Å². The molecule has 0 aromatic carbocycles. The zero-order valence-corrected chi connectivity index (χ0v) is 8.81. The number of carboxylic acid groups (broad SMARTS) is 1. The Bertz CT molecular complexity index is 315. The Kier molecular flexibility index (Phi) is 4.19. The summed E-state index contributed by atoms with van der Waals surface area (Å²) in [5.41, 5.74) is 0. The second-order valence-electron chi connectivity index (χ2n) is 2.74. The smallest absolute Gasteiger partial charge is 0.306 e. The summed E-state index contributed by atoms with van der Waals surface area (Å²) in [5.74, 6) is -1.01. The first-order valence-electron chi connectivity index (χ1n) is 3.97. The van der Waals surface area contributed by atoms with E-state index in [9.17, 15) is 9.90 Å². The van der Waals surface area contributed by atoms with Gasteiger partial charge in [0.15, 0.2) is 0 Å². The summed E-state index contributed by atoms with van der Waals surface area (Å²) in [4.78, 5) is 10.2. The van der Waals surface area contributed by atoms with E-state index in [2.05, 4.69) is 5.32 Å². The quantitative estimate of drug-likeness (QED) is 0.726. The van der Waals surface area contributed by atoms with E-state index in [4.69, 9.17) is 16.7 Å². The van der Waals surface area contributed by atoms with Gasteiger partial charge in [-0.3, -0.25) is 4.79 Å². The van der Waals surface area contributed by atoms with Gasteiger partial charge in [-0.25, -0.2) is 0 Å². The average molecular weight is 236 g/mol. The van der Waals surface area contributed by atoms with Gasteiger partial charge in [0, 0.05) is 6.54 Å². The fraction of sp³-hybridized carbons (Fsp3) is 0.375. The van der Waals surface area contributed by atoms with Crippen molar-refractivity contribution in [1.29, 1.82) is 0 Å². The van der Waals surface area contributed by atoms with E-state index in [1.165, 1.54) is 11.3 Å². The molecule has 0 radical (unpaired) electrons. The van der Waals surface area contributed by atoms with Crippen molar-refractivity contribution >= 4 is 33.9 Å². The van der Waals surface area contributed by atoms with Crippen molar-refractivity contribution in [2.45, 2.75) is 12.5 Å². The molecule has 14 heavy (non-hydrogen) atoms. The largest absolute Gasteiger partial charge is 0.481 e. The second-order valence-corrected chi connectivity index (χ2v) is 4.45. The highest BCUT2D eigenvalue weighted by atomic mass is 35.5. The summed E-state index contributed by atoms with van der Waals surface area (Å²) < 4.78 is 0.653. The first-order chi connectivity index (χ1) is 6.58. The molecular formula is C8H10ClNO3S. The van der Waals surface area contributed by atoms with E-state index in [-0.39, 0.29) is 13.0 Å². The number of nitrogens with one attached hydrogen (secondary N) is 1. The monoisotopic (exact) mass is 235 g/mol. The van der Waals surface area contributed by atoms with Crippen LogP contribution in [0, 0.1) is 0 Å². The van der Waals surface area contributed by atoms with Gasteiger partial charge in [-0.05, 0) is 12.1 Å². The van der Waals surface area contributed by atoms with E-state index in [1.807, 2.05) is 0 Å². The molecule has 3 N–H and O–H groups in total. The van der Waals surface area contributed by atoms with Crippen LogP contribution in [0.15, 0.2) is 12.1 Å². The van der Waals surface area contributed by atoms with Gasteiger partial charge in [-0.2, -0.15) is 0 Å². The first-order valence-corrected chi connectivity index (χ1v) is 5.16. The van der Waals surface area contributed by atoms with Crippen molar-refractivity contribution in [3.8, 4) is 0 Å². The number of hydrogen-bond donors (Lipinski definition) is 3.